The largest absolute Gasteiger partial charge is 0.451 e. The number of allylic oxidation sites excluding steroid dienone is 2. The van der Waals surface area contributed by atoms with Crippen LogP contribution in [0.3, 0.4) is 0 Å². The number of halogens is 2. The predicted octanol–water partition coefficient (Wildman–Crippen LogP) is 8.01. The first-order valence-corrected chi connectivity index (χ1v) is 16.0. The lowest BCUT2D eigenvalue weighted by molar-refractivity contribution is -0.122. The molecule has 2 heterocycles. The summed E-state index contributed by atoms with van der Waals surface area (Å²) in [4.78, 5) is 59.5. The SMILES string of the molecule is CCc1cc(Br)cc2c(C(=O)OC(C)C(=O)c3ccc(Cl)cc3)cc(-c3ccc(N4C(=O)C5CC=CC(C)C5C4=O)cc3)nc12. The van der Waals surface area contributed by atoms with E-state index < -0.39 is 12.1 Å². The van der Waals surface area contributed by atoms with E-state index in [1.165, 1.54) is 4.90 Å². The number of amides is 2. The number of anilines is 1. The van der Waals surface area contributed by atoms with Crippen molar-refractivity contribution >= 4 is 67.7 Å². The van der Waals surface area contributed by atoms with Crippen molar-refractivity contribution in [2.45, 2.75) is 39.7 Å². The number of carbonyl (C=O) groups excluding carboxylic acids is 4. The fraction of sp³-hybridized carbons (Fsp3) is 0.250. The molecule has 4 aromatic rings. The molecule has 0 bridgehead atoms. The van der Waals surface area contributed by atoms with Gasteiger partial charge in [-0.2, -0.15) is 0 Å². The van der Waals surface area contributed by atoms with Crippen LogP contribution in [0.4, 0.5) is 5.69 Å². The fourth-order valence-corrected chi connectivity index (χ4v) is 6.89. The molecule has 3 aromatic carbocycles. The van der Waals surface area contributed by atoms with Gasteiger partial charge in [0.25, 0.3) is 0 Å². The first kappa shape index (κ1) is 30.9. The second kappa shape index (κ2) is 12.3. The minimum atomic E-state index is -1.04. The number of aromatic nitrogens is 1. The predicted molar refractivity (Wildman–Crippen MR) is 177 cm³/mol. The molecule has 6 rings (SSSR count). The summed E-state index contributed by atoms with van der Waals surface area (Å²) in [6, 6.07) is 18.9. The molecule has 1 fully saturated rings. The van der Waals surface area contributed by atoms with Crippen LogP contribution in [-0.4, -0.2) is 34.7 Å². The Balaban J connectivity index is 1.34. The Labute approximate surface area is 274 Å². The molecule has 7 nitrogen and oxygen atoms in total. The van der Waals surface area contributed by atoms with Gasteiger partial charge in [0.15, 0.2) is 6.10 Å². The van der Waals surface area contributed by atoms with Gasteiger partial charge in [-0.1, -0.05) is 65.7 Å². The summed E-state index contributed by atoms with van der Waals surface area (Å²) in [6.45, 7) is 5.52. The third-order valence-corrected chi connectivity index (χ3v) is 9.34. The van der Waals surface area contributed by atoms with E-state index in [0.717, 1.165) is 10.0 Å². The van der Waals surface area contributed by atoms with Gasteiger partial charge in [0.05, 0.1) is 34.3 Å². The summed E-state index contributed by atoms with van der Waals surface area (Å²) in [5.41, 5.74) is 3.93. The number of pyridine rings is 1. The van der Waals surface area contributed by atoms with Gasteiger partial charge < -0.3 is 4.74 Å². The lowest BCUT2D eigenvalue weighted by atomic mass is 9.78. The van der Waals surface area contributed by atoms with E-state index in [0.29, 0.717) is 51.3 Å². The van der Waals surface area contributed by atoms with Crippen molar-refractivity contribution in [2.75, 3.05) is 4.90 Å². The summed E-state index contributed by atoms with van der Waals surface area (Å²) in [5.74, 6) is -2.05. The smallest absolute Gasteiger partial charge is 0.339 e. The number of benzene rings is 3. The molecule has 45 heavy (non-hydrogen) atoms. The topological polar surface area (TPSA) is 93.6 Å². The Morgan fingerprint density at radius 1 is 1.04 bits per heavy atom. The van der Waals surface area contributed by atoms with Gasteiger partial charge in [-0.3, -0.25) is 19.3 Å². The van der Waals surface area contributed by atoms with Crippen molar-refractivity contribution in [3.05, 3.63) is 105 Å². The van der Waals surface area contributed by atoms with Crippen LogP contribution >= 0.6 is 27.5 Å². The highest BCUT2D eigenvalue weighted by Crippen LogP contribution is 2.41. The number of fused-ring (bicyclic) bond motifs is 2. The average Bonchev–Trinajstić information content (AvgIpc) is 3.30. The number of Topliss-reactive ketones (excluding diaryl/α,β-unsaturated/α-hetero) is 1. The standard InChI is InChI=1S/C36H30BrClN2O5/c1-4-21-16-24(37)17-28-29(36(44)45-20(3)33(41)23-8-12-25(38)13-9-23)18-30(39-32(21)28)22-10-14-26(15-11-22)40-34(42)27-7-5-6-19(2)31(27)35(40)43/h5-6,8-20,27,31H,4,7H2,1-3H3. The fourth-order valence-electron chi connectivity index (χ4n) is 6.26. The Bertz CT molecular complexity index is 1890. The van der Waals surface area contributed by atoms with Crippen LogP contribution < -0.4 is 4.90 Å². The third-order valence-electron chi connectivity index (χ3n) is 8.63. The molecule has 1 saturated heterocycles. The Morgan fingerprint density at radius 3 is 2.42 bits per heavy atom. The molecule has 4 unspecified atom stereocenters. The zero-order valence-electron chi connectivity index (χ0n) is 24.9. The maximum atomic E-state index is 13.7. The summed E-state index contributed by atoms with van der Waals surface area (Å²) in [6.07, 6.45) is 4.17. The molecule has 228 valence electrons. The number of esters is 1. The number of imide groups is 1. The van der Waals surface area contributed by atoms with Crippen LogP contribution in [-0.2, 0) is 20.7 Å². The van der Waals surface area contributed by atoms with Gasteiger partial charge in [-0.15, -0.1) is 0 Å². The normalized spacial score (nSPS) is 19.9. The van der Waals surface area contributed by atoms with E-state index in [1.54, 1.807) is 61.5 Å². The Hall–Kier alpha value is -4.14. The molecule has 0 saturated carbocycles. The highest BCUT2D eigenvalue weighted by atomic mass is 79.9. The van der Waals surface area contributed by atoms with E-state index in [-0.39, 0.29) is 40.9 Å². The third kappa shape index (κ3) is 5.73. The van der Waals surface area contributed by atoms with Gasteiger partial charge in [0.2, 0.25) is 17.6 Å². The van der Waals surface area contributed by atoms with Gasteiger partial charge in [-0.05, 0) is 85.8 Å². The molecule has 0 spiro atoms. The van der Waals surface area contributed by atoms with Crippen LogP contribution in [0.15, 0.2) is 83.4 Å². The second-order valence-corrected chi connectivity index (χ2v) is 12.9. The van der Waals surface area contributed by atoms with Crippen molar-refractivity contribution in [1.29, 1.82) is 0 Å². The lowest BCUT2D eigenvalue weighted by Crippen LogP contribution is -2.31. The summed E-state index contributed by atoms with van der Waals surface area (Å²) >= 11 is 9.51. The molecule has 2 aliphatic rings. The van der Waals surface area contributed by atoms with Crippen molar-refractivity contribution in [1.82, 2.24) is 4.98 Å². The van der Waals surface area contributed by atoms with Crippen LogP contribution in [0.25, 0.3) is 22.2 Å². The molecule has 0 radical (unpaired) electrons. The second-order valence-electron chi connectivity index (χ2n) is 11.5. The van der Waals surface area contributed by atoms with Crippen LogP contribution in [0.1, 0.15) is 53.5 Å². The molecule has 9 heteroatoms. The van der Waals surface area contributed by atoms with Crippen molar-refractivity contribution in [3.8, 4) is 11.3 Å². The number of hydrogen-bond acceptors (Lipinski definition) is 6. The van der Waals surface area contributed by atoms with Crippen molar-refractivity contribution in [3.63, 3.8) is 0 Å². The summed E-state index contributed by atoms with van der Waals surface area (Å²) in [5, 5.41) is 1.09. The van der Waals surface area contributed by atoms with E-state index in [1.807, 2.05) is 38.1 Å². The van der Waals surface area contributed by atoms with Crippen molar-refractivity contribution < 1.29 is 23.9 Å². The first-order valence-electron chi connectivity index (χ1n) is 14.9. The zero-order chi connectivity index (χ0) is 32.0. The maximum absolute atomic E-state index is 13.7. The minimum Gasteiger partial charge on any atom is -0.451 e. The zero-order valence-corrected chi connectivity index (χ0v) is 27.3. The molecule has 1 aliphatic carbocycles. The number of ether oxygens (including phenoxy) is 1. The number of nitrogens with zero attached hydrogens (tertiary/aromatic N) is 2. The molecular formula is C36H30BrClN2O5. The monoisotopic (exact) mass is 684 g/mol. The minimum absolute atomic E-state index is 0.00134. The van der Waals surface area contributed by atoms with E-state index in [9.17, 15) is 19.2 Å². The molecule has 4 atom stereocenters. The molecule has 0 N–H and O–H groups in total. The first-order chi connectivity index (χ1) is 21.6. The van der Waals surface area contributed by atoms with Gasteiger partial charge in [0, 0.05) is 26.0 Å². The van der Waals surface area contributed by atoms with Crippen LogP contribution in [0.5, 0.6) is 0 Å². The lowest BCUT2D eigenvalue weighted by Gasteiger charge is -2.22. The highest BCUT2D eigenvalue weighted by Gasteiger charge is 2.50. The number of aryl methyl sites for hydroxylation is 1. The molecule has 1 aliphatic heterocycles. The Morgan fingerprint density at radius 2 is 1.76 bits per heavy atom. The van der Waals surface area contributed by atoms with Crippen molar-refractivity contribution in [2.24, 2.45) is 17.8 Å². The van der Waals surface area contributed by atoms with E-state index in [2.05, 4.69) is 15.9 Å². The number of hydrogen-bond donors (Lipinski definition) is 0. The van der Waals surface area contributed by atoms with Gasteiger partial charge >= 0.3 is 5.97 Å². The Kier molecular flexibility index (Phi) is 8.46. The molecule has 2 amide bonds. The molecular weight excluding hydrogens is 656 g/mol. The van der Waals surface area contributed by atoms with Gasteiger partial charge in [0.1, 0.15) is 0 Å². The highest BCUT2D eigenvalue weighted by molar-refractivity contribution is 9.10. The summed E-state index contributed by atoms with van der Waals surface area (Å²) < 4.78 is 6.50. The maximum Gasteiger partial charge on any atom is 0.339 e. The number of ketones is 1. The quantitative estimate of drug-likeness (QED) is 0.0847. The van der Waals surface area contributed by atoms with Crippen LogP contribution in [0, 0.1) is 17.8 Å². The van der Waals surface area contributed by atoms with E-state index >= 15 is 0 Å². The van der Waals surface area contributed by atoms with Crippen LogP contribution in [0.2, 0.25) is 5.02 Å². The van der Waals surface area contributed by atoms with Gasteiger partial charge in [-0.25, -0.2) is 9.78 Å². The number of rotatable bonds is 7. The number of carbonyl (C=O) groups is 4. The van der Waals surface area contributed by atoms with E-state index in [4.69, 9.17) is 21.3 Å². The average molecular weight is 686 g/mol. The molecule has 1 aromatic heterocycles. The summed E-state index contributed by atoms with van der Waals surface area (Å²) in [7, 11) is 0.